The van der Waals surface area contributed by atoms with E-state index >= 15 is 0 Å². The molecule has 0 amide bonds. The molecule has 1 atom stereocenters. The van der Waals surface area contributed by atoms with Gasteiger partial charge in [0.05, 0.1) is 6.17 Å². The molecule has 0 radical (unpaired) electrons. The lowest BCUT2D eigenvalue weighted by atomic mass is 10.1. The second kappa shape index (κ2) is 4.74. The van der Waals surface area contributed by atoms with E-state index in [1.165, 1.54) is 13.0 Å². The van der Waals surface area contributed by atoms with Gasteiger partial charge in [-0.15, -0.1) is 0 Å². The summed E-state index contributed by atoms with van der Waals surface area (Å²) in [7, 11) is 0. The van der Waals surface area contributed by atoms with E-state index in [1.807, 2.05) is 0 Å². The molecule has 1 aromatic heterocycles. The molecule has 0 saturated carbocycles. The van der Waals surface area contributed by atoms with Crippen molar-refractivity contribution in [2.24, 2.45) is 0 Å². The number of hydrogen-bond donors (Lipinski definition) is 1. The normalized spacial score (nSPS) is 12.7. The van der Waals surface area contributed by atoms with Crippen LogP contribution < -0.4 is 0 Å². The maximum atomic E-state index is 12.4. The number of alkyl halides is 1. The van der Waals surface area contributed by atoms with Crippen LogP contribution in [0.1, 0.15) is 36.0 Å². The maximum absolute atomic E-state index is 12.4. The summed E-state index contributed by atoms with van der Waals surface area (Å²) in [6, 6.07) is 1.37. The van der Waals surface area contributed by atoms with Gasteiger partial charge in [0.25, 0.3) is 0 Å². The first kappa shape index (κ1) is 10.7. The lowest BCUT2D eigenvalue weighted by molar-refractivity contribution is 0.0685. The van der Waals surface area contributed by atoms with Crippen LogP contribution in [0.3, 0.4) is 0 Å². The van der Waals surface area contributed by atoms with Crippen molar-refractivity contribution in [3.8, 4) is 0 Å². The molecule has 5 heteroatoms. The molecule has 0 aliphatic carbocycles. The monoisotopic (exact) mass is 201 g/mol. The number of nitrogens with zero attached hydrogens (tertiary/aromatic N) is 1. The number of aromatic nitrogens is 1. The van der Waals surface area contributed by atoms with Crippen LogP contribution in [0.4, 0.5) is 4.39 Å². The second-order valence-electron chi connectivity index (χ2n) is 3.16. The highest BCUT2D eigenvalue weighted by molar-refractivity contribution is 5.85. The molecule has 14 heavy (non-hydrogen) atoms. The third kappa shape index (κ3) is 3.16. The molecular formula is C9H12FNO3. The van der Waals surface area contributed by atoms with Crippen molar-refractivity contribution >= 4 is 5.97 Å². The second-order valence-corrected chi connectivity index (χ2v) is 3.16. The van der Waals surface area contributed by atoms with E-state index in [0.29, 0.717) is 25.0 Å². The fourth-order valence-corrected chi connectivity index (χ4v) is 1.09. The summed E-state index contributed by atoms with van der Waals surface area (Å²) in [6.07, 6.45) is 0.765. The number of carboxylic acids is 1. The van der Waals surface area contributed by atoms with E-state index in [2.05, 4.69) is 5.16 Å². The molecule has 1 N–H and O–H groups in total. The van der Waals surface area contributed by atoms with Crippen LogP contribution in [-0.4, -0.2) is 22.4 Å². The largest absolute Gasteiger partial charge is 0.476 e. The van der Waals surface area contributed by atoms with Crippen LogP contribution in [0.2, 0.25) is 0 Å². The molecule has 0 spiro atoms. The van der Waals surface area contributed by atoms with Gasteiger partial charge in [-0.2, -0.15) is 0 Å². The zero-order valence-electron chi connectivity index (χ0n) is 7.86. The van der Waals surface area contributed by atoms with Crippen LogP contribution in [0.25, 0.3) is 0 Å². The van der Waals surface area contributed by atoms with Crippen molar-refractivity contribution in [2.45, 2.75) is 32.4 Å². The number of hydrogen-bond acceptors (Lipinski definition) is 3. The predicted molar refractivity (Wildman–Crippen MR) is 47.0 cm³/mol. The highest BCUT2D eigenvalue weighted by atomic mass is 19.1. The van der Waals surface area contributed by atoms with Crippen LogP contribution in [0, 0.1) is 0 Å². The molecular weight excluding hydrogens is 189 g/mol. The van der Waals surface area contributed by atoms with Crippen molar-refractivity contribution in [1.82, 2.24) is 5.16 Å². The van der Waals surface area contributed by atoms with Crippen molar-refractivity contribution in [3.05, 3.63) is 17.5 Å². The van der Waals surface area contributed by atoms with Gasteiger partial charge < -0.3 is 9.63 Å². The van der Waals surface area contributed by atoms with Gasteiger partial charge in [0.15, 0.2) is 5.69 Å². The molecule has 4 nitrogen and oxygen atoms in total. The van der Waals surface area contributed by atoms with Gasteiger partial charge in [0, 0.05) is 12.5 Å². The van der Waals surface area contributed by atoms with Gasteiger partial charge in [-0.05, 0) is 19.8 Å². The van der Waals surface area contributed by atoms with Gasteiger partial charge in [-0.1, -0.05) is 5.16 Å². The first-order valence-corrected chi connectivity index (χ1v) is 4.42. The lowest BCUT2D eigenvalue weighted by Gasteiger charge is -1.97. The van der Waals surface area contributed by atoms with Gasteiger partial charge in [-0.3, -0.25) is 0 Å². The molecule has 1 aromatic rings. The molecule has 0 fully saturated rings. The Morgan fingerprint density at radius 3 is 3.00 bits per heavy atom. The van der Waals surface area contributed by atoms with Gasteiger partial charge in [0.1, 0.15) is 5.76 Å². The topological polar surface area (TPSA) is 63.3 Å². The number of rotatable bonds is 5. The Kier molecular flexibility index (Phi) is 3.62. The predicted octanol–water partition coefficient (Wildman–Crippen LogP) is 2.05. The average Bonchev–Trinajstić information content (AvgIpc) is 2.52. The standard InChI is InChI=1S/C9H12FNO3/c1-6(10)3-2-4-7-5-8(9(12)13)11-14-7/h5-6H,2-4H2,1H3,(H,12,13). The SMILES string of the molecule is CC(F)CCCc1cc(C(=O)O)no1. The summed E-state index contributed by atoms with van der Waals surface area (Å²) < 4.78 is 17.2. The first-order valence-electron chi connectivity index (χ1n) is 4.42. The van der Waals surface area contributed by atoms with Gasteiger partial charge >= 0.3 is 5.97 Å². The van der Waals surface area contributed by atoms with E-state index in [1.54, 1.807) is 0 Å². The Bertz CT molecular complexity index is 309. The summed E-state index contributed by atoms with van der Waals surface area (Å²) >= 11 is 0. The Hall–Kier alpha value is -1.39. The molecule has 0 aliphatic rings. The zero-order valence-corrected chi connectivity index (χ0v) is 7.86. The Balaban J connectivity index is 2.40. The number of aryl methyl sites for hydroxylation is 1. The fourth-order valence-electron chi connectivity index (χ4n) is 1.09. The van der Waals surface area contributed by atoms with Crippen LogP contribution in [0.5, 0.6) is 0 Å². The Morgan fingerprint density at radius 2 is 2.50 bits per heavy atom. The quantitative estimate of drug-likeness (QED) is 0.791. The molecule has 0 aromatic carbocycles. The molecule has 0 aliphatic heterocycles. The van der Waals surface area contributed by atoms with Crippen molar-refractivity contribution in [2.75, 3.05) is 0 Å². The average molecular weight is 201 g/mol. The summed E-state index contributed by atoms with van der Waals surface area (Å²) in [5.41, 5.74) is -0.103. The molecule has 1 heterocycles. The highest BCUT2D eigenvalue weighted by Gasteiger charge is 2.10. The van der Waals surface area contributed by atoms with Crippen LogP contribution in [0.15, 0.2) is 10.6 Å². The molecule has 0 bridgehead atoms. The smallest absolute Gasteiger partial charge is 0.358 e. The number of aromatic carboxylic acids is 1. The fraction of sp³-hybridized carbons (Fsp3) is 0.556. The third-order valence-electron chi connectivity index (χ3n) is 1.80. The number of carbonyl (C=O) groups is 1. The van der Waals surface area contributed by atoms with Crippen molar-refractivity contribution < 1.29 is 18.8 Å². The summed E-state index contributed by atoms with van der Waals surface area (Å²) in [5.74, 6) is -0.623. The van der Waals surface area contributed by atoms with E-state index in [9.17, 15) is 9.18 Å². The minimum absolute atomic E-state index is 0.103. The zero-order chi connectivity index (χ0) is 10.6. The van der Waals surface area contributed by atoms with E-state index < -0.39 is 12.1 Å². The first-order chi connectivity index (χ1) is 6.59. The number of halogens is 1. The third-order valence-corrected chi connectivity index (χ3v) is 1.80. The van der Waals surface area contributed by atoms with Gasteiger partial charge in [-0.25, -0.2) is 9.18 Å². The highest BCUT2D eigenvalue weighted by Crippen LogP contribution is 2.09. The molecule has 1 unspecified atom stereocenters. The summed E-state index contributed by atoms with van der Waals surface area (Å²) in [5, 5.41) is 11.9. The minimum atomic E-state index is -1.11. The van der Waals surface area contributed by atoms with E-state index in [-0.39, 0.29) is 5.69 Å². The van der Waals surface area contributed by atoms with Gasteiger partial charge in [0.2, 0.25) is 0 Å². The number of carboxylic acid groups (broad SMARTS) is 1. The van der Waals surface area contributed by atoms with Crippen molar-refractivity contribution in [1.29, 1.82) is 0 Å². The summed E-state index contributed by atoms with van der Waals surface area (Å²) in [6.45, 7) is 1.49. The minimum Gasteiger partial charge on any atom is -0.476 e. The molecule has 78 valence electrons. The maximum Gasteiger partial charge on any atom is 0.358 e. The lowest BCUT2D eigenvalue weighted by Crippen LogP contribution is -1.95. The summed E-state index contributed by atoms with van der Waals surface area (Å²) in [4.78, 5) is 10.4. The van der Waals surface area contributed by atoms with Crippen LogP contribution >= 0.6 is 0 Å². The van der Waals surface area contributed by atoms with E-state index in [0.717, 1.165) is 0 Å². The molecule has 0 saturated heterocycles. The van der Waals surface area contributed by atoms with Crippen molar-refractivity contribution in [3.63, 3.8) is 0 Å². The molecule has 1 rings (SSSR count). The van der Waals surface area contributed by atoms with Crippen LogP contribution in [-0.2, 0) is 6.42 Å². The Labute approximate surface area is 80.7 Å². The Morgan fingerprint density at radius 1 is 1.79 bits per heavy atom. The van der Waals surface area contributed by atoms with E-state index in [4.69, 9.17) is 9.63 Å².